The van der Waals surface area contributed by atoms with Gasteiger partial charge in [-0.2, -0.15) is 0 Å². The van der Waals surface area contributed by atoms with Crippen LogP contribution in [0.4, 0.5) is 0 Å². The number of hydrogen-bond acceptors (Lipinski definition) is 0. The van der Waals surface area contributed by atoms with Crippen molar-refractivity contribution in [3.8, 4) is 0 Å². The van der Waals surface area contributed by atoms with E-state index in [1.165, 1.54) is 16.1 Å². The lowest BCUT2D eigenvalue weighted by Gasteiger charge is -1.96. The molecule has 0 aliphatic carbocycles. The van der Waals surface area contributed by atoms with Gasteiger partial charge >= 0.3 is 0 Å². The number of rotatable bonds is 4. The predicted octanol–water partition coefficient (Wildman–Crippen LogP) is 3.19. The highest BCUT2D eigenvalue weighted by molar-refractivity contribution is 6.64. The summed E-state index contributed by atoms with van der Waals surface area (Å²) in [7, 11) is 0. The first-order chi connectivity index (χ1) is 4.70. The van der Waals surface area contributed by atoms with E-state index >= 15 is 0 Å². The second kappa shape index (κ2) is 5.77. The van der Waals surface area contributed by atoms with Gasteiger partial charge in [0.1, 0.15) is 0 Å². The molecule has 1 heteroatoms. The van der Waals surface area contributed by atoms with Gasteiger partial charge in [0.25, 0.3) is 14.1 Å². The quantitative estimate of drug-likeness (QED) is 0.428. The first kappa shape index (κ1) is 10.0. The lowest BCUT2D eigenvalue weighted by molar-refractivity contribution is 1.33. The molecule has 0 aromatic carbocycles. The summed E-state index contributed by atoms with van der Waals surface area (Å²) in [5.74, 6) is 0. The zero-order valence-corrected chi connectivity index (χ0v) is 8.51. The summed E-state index contributed by atoms with van der Waals surface area (Å²) in [4.78, 5) is 2.39. The SMILES string of the molecule is C=C(C)C=[CH][Al]([CH2]C)[CH2]C. The minimum Gasteiger partial charge on any atom is -0.144 e. The van der Waals surface area contributed by atoms with Gasteiger partial charge in [-0.05, 0) is 6.92 Å². The van der Waals surface area contributed by atoms with Crippen LogP contribution in [0, 0.1) is 0 Å². The van der Waals surface area contributed by atoms with Gasteiger partial charge in [-0.3, -0.25) is 0 Å². The Kier molecular flexibility index (Phi) is 5.78. The van der Waals surface area contributed by atoms with Crippen molar-refractivity contribution < 1.29 is 0 Å². The molecule has 0 nitrogen and oxygen atoms in total. The molecule has 0 saturated heterocycles. The Morgan fingerprint density at radius 3 is 2.20 bits per heavy atom. The molecule has 0 radical (unpaired) electrons. The Balaban J connectivity index is 3.72. The second-order valence-corrected chi connectivity index (χ2v) is 6.32. The Morgan fingerprint density at radius 1 is 1.40 bits per heavy atom. The monoisotopic (exact) mass is 152 g/mol. The van der Waals surface area contributed by atoms with E-state index in [1.807, 2.05) is 6.92 Å². The molecule has 0 saturated carbocycles. The van der Waals surface area contributed by atoms with Crippen molar-refractivity contribution in [2.24, 2.45) is 0 Å². The van der Waals surface area contributed by atoms with Crippen molar-refractivity contribution in [3.63, 3.8) is 0 Å². The topological polar surface area (TPSA) is 0 Å². The van der Waals surface area contributed by atoms with E-state index in [0.717, 1.165) is 0 Å². The minimum absolute atomic E-state index is 0.490. The first-order valence-electron chi connectivity index (χ1n) is 4.04. The van der Waals surface area contributed by atoms with Gasteiger partial charge in [-0.1, -0.05) is 42.6 Å². The summed E-state index contributed by atoms with van der Waals surface area (Å²) >= 11 is -0.490. The molecule has 10 heavy (non-hydrogen) atoms. The number of allylic oxidation sites excluding steroid dienone is 2. The molecule has 56 valence electrons. The van der Waals surface area contributed by atoms with Gasteiger partial charge in [0, 0.05) is 0 Å². The molecular weight excluding hydrogens is 135 g/mol. The normalized spacial score (nSPS) is 10.3. The van der Waals surface area contributed by atoms with Crippen LogP contribution in [0.15, 0.2) is 23.2 Å². The molecule has 0 aliphatic heterocycles. The smallest absolute Gasteiger partial charge is 0.144 e. The lowest BCUT2D eigenvalue weighted by Crippen LogP contribution is -2.03. The van der Waals surface area contributed by atoms with E-state index in [-0.39, 0.29) is 0 Å². The zero-order chi connectivity index (χ0) is 7.98. The van der Waals surface area contributed by atoms with Crippen molar-refractivity contribution >= 4 is 14.1 Å². The molecule has 0 spiro atoms. The van der Waals surface area contributed by atoms with Crippen molar-refractivity contribution in [1.82, 2.24) is 0 Å². The van der Waals surface area contributed by atoms with E-state index in [2.05, 4.69) is 31.4 Å². The van der Waals surface area contributed by atoms with E-state index in [1.54, 1.807) is 0 Å². The Labute approximate surface area is 69.0 Å². The molecule has 0 aromatic rings. The van der Waals surface area contributed by atoms with Gasteiger partial charge in [0.15, 0.2) is 0 Å². The van der Waals surface area contributed by atoms with E-state index in [0.29, 0.717) is 0 Å². The van der Waals surface area contributed by atoms with Crippen LogP contribution in [0.3, 0.4) is 0 Å². The average Bonchev–Trinajstić information content (AvgIpc) is 1.90. The van der Waals surface area contributed by atoms with Gasteiger partial charge < -0.3 is 0 Å². The summed E-state index contributed by atoms with van der Waals surface area (Å²) in [6, 6.07) is 0. The van der Waals surface area contributed by atoms with Gasteiger partial charge in [0.05, 0.1) is 0 Å². The summed E-state index contributed by atoms with van der Waals surface area (Å²) in [5.41, 5.74) is 1.18. The third-order valence-electron chi connectivity index (χ3n) is 1.70. The predicted molar refractivity (Wildman–Crippen MR) is 50.7 cm³/mol. The molecule has 0 aromatic heterocycles. The fraction of sp³-hybridized carbons (Fsp3) is 0.556. The molecule has 0 rings (SSSR count). The molecule has 0 atom stereocenters. The third-order valence-corrected chi connectivity index (χ3v) is 4.54. The Hall–Kier alpha value is 0.0125. The largest absolute Gasteiger partial charge is 0.294 e. The maximum Gasteiger partial charge on any atom is 0.294 e. The summed E-state index contributed by atoms with van der Waals surface area (Å²) < 4.78 is 0. The van der Waals surface area contributed by atoms with Crippen molar-refractivity contribution in [2.45, 2.75) is 31.3 Å². The molecular formula is C9H17Al. The van der Waals surface area contributed by atoms with Crippen molar-refractivity contribution in [3.05, 3.63) is 23.2 Å². The number of hydrogen-bond donors (Lipinski definition) is 0. The second-order valence-electron chi connectivity index (χ2n) is 2.78. The summed E-state index contributed by atoms with van der Waals surface area (Å²) in [5, 5.41) is 2.75. The molecule has 0 fully saturated rings. The van der Waals surface area contributed by atoms with Crippen LogP contribution in [0.25, 0.3) is 0 Å². The summed E-state index contributed by atoms with van der Waals surface area (Å²) in [6.07, 6.45) is 2.17. The van der Waals surface area contributed by atoms with Crippen LogP contribution in [-0.4, -0.2) is 14.1 Å². The maximum absolute atomic E-state index is 3.83. The van der Waals surface area contributed by atoms with Gasteiger partial charge in [-0.25, -0.2) is 0 Å². The van der Waals surface area contributed by atoms with E-state index < -0.39 is 14.1 Å². The average molecular weight is 152 g/mol. The fourth-order valence-electron chi connectivity index (χ4n) is 0.861. The standard InChI is InChI=1S/C5H7.2C2H5.Al/c1-4-5(2)3;2*1-2;/h1,4H,2H2,3H3;2*1H2,2H3;. The summed E-state index contributed by atoms with van der Waals surface area (Å²) in [6.45, 7) is 10.4. The molecule has 0 amide bonds. The van der Waals surface area contributed by atoms with Crippen LogP contribution in [-0.2, 0) is 0 Å². The van der Waals surface area contributed by atoms with Crippen molar-refractivity contribution in [1.29, 1.82) is 0 Å². The van der Waals surface area contributed by atoms with Gasteiger partial charge in [0.2, 0.25) is 0 Å². The van der Waals surface area contributed by atoms with Crippen molar-refractivity contribution in [2.75, 3.05) is 0 Å². The molecule has 0 N–H and O–H groups in total. The Morgan fingerprint density at radius 2 is 1.90 bits per heavy atom. The molecule has 0 unspecified atom stereocenters. The fourth-order valence-corrected chi connectivity index (χ4v) is 2.58. The molecule has 0 bridgehead atoms. The third kappa shape index (κ3) is 4.85. The van der Waals surface area contributed by atoms with Crippen LogP contribution in [0.5, 0.6) is 0 Å². The highest BCUT2D eigenvalue weighted by atomic mass is 27.2. The van der Waals surface area contributed by atoms with Crippen LogP contribution >= 0.6 is 0 Å². The minimum atomic E-state index is -0.490. The highest BCUT2D eigenvalue weighted by Crippen LogP contribution is 2.01. The van der Waals surface area contributed by atoms with E-state index in [4.69, 9.17) is 0 Å². The van der Waals surface area contributed by atoms with Crippen LogP contribution < -0.4 is 0 Å². The first-order valence-corrected chi connectivity index (χ1v) is 6.34. The Bertz CT molecular complexity index is 121. The molecule has 0 aliphatic rings. The lowest BCUT2D eigenvalue weighted by atomic mass is 10.4. The van der Waals surface area contributed by atoms with Gasteiger partial charge in [-0.15, -0.1) is 4.94 Å². The van der Waals surface area contributed by atoms with Crippen LogP contribution in [0.1, 0.15) is 20.8 Å². The van der Waals surface area contributed by atoms with E-state index in [9.17, 15) is 0 Å². The highest BCUT2D eigenvalue weighted by Gasteiger charge is 2.05. The maximum atomic E-state index is 3.83. The molecule has 0 heterocycles. The van der Waals surface area contributed by atoms with Crippen LogP contribution in [0.2, 0.25) is 10.6 Å². The zero-order valence-electron chi connectivity index (χ0n) is 7.35.